The van der Waals surface area contributed by atoms with Crippen molar-refractivity contribution in [2.24, 2.45) is 0 Å². The van der Waals surface area contributed by atoms with E-state index in [1.807, 2.05) is 41.8 Å². The van der Waals surface area contributed by atoms with Crippen LogP contribution < -0.4 is 0 Å². The van der Waals surface area contributed by atoms with Gasteiger partial charge in [-0.2, -0.15) is 0 Å². The summed E-state index contributed by atoms with van der Waals surface area (Å²) in [5, 5.41) is 15.1. The van der Waals surface area contributed by atoms with Crippen LogP contribution in [0.3, 0.4) is 0 Å². The summed E-state index contributed by atoms with van der Waals surface area (Å²) >= 11 is 3.28. The highest BCUT2D eigenvalue weighted by atomic mass is 32.2. The first-order valence-corrected chi connectivity index (χ1v) is 8.89. The average Bonchev–Trinajstić information content (AvgIpc) is 3.11. The van der Waals surface area contributed by atoms with Crippen LogP contribution in [0.25, 0.3) is 21.9 Å². The fraction of sp³-hybridized carbons (Fsp3) is 0. The molecule has 4 aromatic rings. The minimum atomic E-state index is 0.315. The summed E-state index contributed by atoms with van der Waals surface area (Å²) in [6.45, 7) is 0. The molecule has 0 unspecified atom stereocenters. The van der Waals surface area contributed by atoms with Crippen LogP contribution in [0.2, 0.25) is 0 Å². The smallest absolute Gasteiger partial charge is 0.138 e. The van der Waals surface area contributed by atoms with Gasteiger partial charge in [-0.05, 0) is 34.4 Å². The summed E-state index contributed by atoms with van der Waals surface area (Å²) in [4.78, 5) is 5.06. The van der Waals surface area contributed by atoms with E-state index in [1.165, 1.54) is 0 Å². The molecule has 112 valence electrons. The van der Waals surface area contributed by atoms with Gasteiger partial charge in [0.2, 0.25) is 0 Å². The van der Waals surface area contributed by atoms with E-state index in [1.54, 1.807) is 35.5 Å². The zero-order chi connectivity index (χ0) is 15.6. The molecule has 0 atom stereocenters. The van der Waals surface area contributed by atoms with E-state index in [2.05, 4.69) is 23.2 Å². The number of aromatic nitrogens is 1. The second-order valence-electron chi connectivity index (χ2n) is 5.10. The van der Waals surface area contributed by atoms with Crippen LogP contribution in [0, 0.1) is 0 Å². The number of nitrogens with zero attached hydrogens (tertiary/aromatic N) is 1. The van der Waals surface area contributed by atoms with E-state index in [4.69, 9.17) is 0 Å². The van der Waals surface area contributed by atoms with E-state index < -0.39 is 0 Å². The standard InChI is InChI=1S/C19H13NOS2/c21-18-16(14-6-3-9-20-12-14)11-13-5-1-2-7-15(13)19(18)23-17-8-4-10-22-17/h1-12,21H. The molecule has 2 nitrogen and oxygen atoms in total. The number of rotatable bonds is 3. The minimum absolute atomic E-state index is 0.315. The molecule has 0 saturated heterocycles. The highest BCUT2D eigenvalue weighted by Crippen LogP contribution is 2.46. The van der Waals surface area contributed by atoms with Gasteiger partial charge < -0.3 is 5.11 Å². The quantitative estimate of drug-likeness (QED) is 0.512. The molecule has 0 fully saturated rings. The molecule has 2 heterocycles. The second kappa shape index (κ2) is 6.07. The Morgan fingerprint density at radius 2 is 1.91 bits per heavy atom. The molecule has 0 aliphatic rings. The zero-order valence-electron chi connectivity index (χ0n) is 12.1. The van der Waals surface area contributed by atoms with Crippen molar-refractivity contribution in [3.63, 3.8) is 0 Å². The lowest BCUT2D eigenvalue weighted by Gasteiger charge is -2.13. The van der Waals surface area contributed by atoms with Crippen molar-refractivity contribution in [1.82, 2.24) is 4.98 Å². The highest BCUT2D eigenvalue weighted by Gasteiger charge is 2.15. The summed E-state index contributed by atoms with van der Waals surface area (Å²) < 4.78 is 1.16. The Hall–Kier alpha value is -2.30. The van der Waals surface area contributed by atoms with Gasteiger partial charge in [-0.25, -0.2) is 0 Å². The van der Waals surface area contributed by atoms with E-state index >= 15 is 0 Å². The molecule has 0 aliphatic carbocycles. The maximum absolute atomic E-state index is 10.9. The van der Waals surface area contributed by atoms with Gasteiger partial charge in [0.05, 0.1) is 9.10 Å². The third-order valence-electron chi connectivity index (χ3n) is 3.65. The van der Waals surface area contributed by atoms with Gasteiger partial charge >= 0.3 is 0 Å². The van der Waals surface area contributed by atoms with Gasteiger partial charge in [-0.1, -0.05) is 48.2 Å². The number of phenolic OH excluding ortho intramolecular Hbond substituents is 1. The van der Waals surface area contributed by atoms with Gasteiger partial charge in [0.15, 0.2) is 0 Å². The van der Waals surface area contributed by atoms with Gasteiger partial charge in [-0.15, -0.1) is 11.3 Å². The fourth-order valence-corrected chi connectivity index (χ4v) is 4.48. The summed E-state index contributed by atoms with van der Waals surface area (Å²) in [5.41, 5.74) is 1.74. The molecular weight excluding hydrogens is 322 g/mol. The van der Waals surface area contributed by atoms with Crippen molar-refractivity contribution in [2.75, 3.05) is 0 Å². The lowest BCUT2D eigenvalue weighted by atomic mass is 10.0. The SMILES string of the molecule is Oc1c(-c2cccnc2)cc2ccccc2c1Sc1cccs1. The molecule has 4 rings (SSSR count). The van der Waals surface area contributed by atoms with Crippen molar-refractivity contribution < 1.29 is 5.11 Å². The van der Waals surface area contributed by atoms with Crippen LogP contribution in [0.5, 0.6) is 5.75 Å². The normalized spacial score (nSPS) is 11.0. The summed E-state index contributed by atoms with van der Waals surface area (Å²) in [5.74, 6) is 0.315. The number of phenols is 1. The Morgan fingerprint density at radius 3 is 2.70 bits per heavy atom. The number of pyridine rings is 1. The van der Waals surface area contributed by atoms with E-state index in [0.717, 1.165) is 31.0 Å². The number of thiophene rings is 1. The molecule has 23 heavy (non-hydrogen) atoms. The van der Waals surface area contributed by atoms with E-state index in [0.29, 0.717) is 5.75 Å². The molecule has 0 spiro atoms. The average molecular weight is 335 g/mol. The molecule has 2 aromatic heterocycles. The molecule has 0 radical (unpaired) electrons. The Bertz CT molecular complexity index is 950. The zero-order valence-corrected chi connectivity index (χ0v) is 13.8. The number of hydrogen-bond donors (Lipinski definition) is 1. The van der Waals surface area contributed by atoms with Gasteiger partial charge in [0.25, 0.3) is 0 Å². The Morgan fingerprint density at radius 1 is 1.00 bits per heavy atom. The fourth-order valence-electron chi connectivity index (χ4n) is 2.57. The van der Waals surface area contributed by atoms with E-state index in [-0.39, 0.29) is 0 Å². The molecule has 0 amide bonds. The topological polar surface area (TPSA) is 33.1 Å². The van der Waals surface area contributed by atoms with Crippen LogP contribution in [-0.2, 0) is 0 Å². The van der Waals surface area contributed by atoms with Crippen LogP contribution >= 0.6 is 23.1 Å². The number of benzene rings is 2. The third kappa shape index (κ3) is 2.71. The third-order valence-corrected chi connectivity index (χ3v) is 5.80. The van der Waals surface area contributed by atoms with Crippen molar-refractivity contribution in [1.29, 1.82) is 0 Å². The van der Waals surface area contributed by atoms with Crippen molar-refractivity contribution >= 4 is 33.9 Å². The summed E-state index contributed by atoms with van der Waals surface area (Å²) in [6, 6.07) is 18.1. The second-order valence-corrected chi connectivity index (χ2v) is 7.36. The van der Waals surface area contributed by atoms with Crippen LogP contribution in [-0.4, -0.2) is 10.1 Å². The Kier molecular flexibility index (Phi) is 3.77. The largest absolute Gasteiger partial charge is 0.506 e. The monoisotopic (exact) mass is 335 g/mol. The molecule has 0 bridgehead atoms. The summed E-state index contributed by atoms with van der Waals surface area (Å²) in [6.07, 6.45) is 3.52. The highest BCUT2D eigenvalue weighted by molar-refractivity contribution is 8.01. The van der Waals surface area contributed by atoms with Crippen LogP contribution in [0.4, 0.5) is 0 Å². The lowest BCUT2D eigenvalue weighted by molar-refractivity contribution is 0.466. The van der Waals surface area contributed by atoms with Crippen LogP contribution in [0.1, 0.15) is 0 Å². The van der Waals surface area contributed by atoms with Crippen molar-refractivity contribution in [3.8, 4) is 16.9 Å². The van der Waals surface area contributed by atoms with Gasteiger partial charge in [-0.3, -0.25) is 4.98 Å². The predicted octanol–water partition coefficient (Wildman–Crippen LogP) is 5.82. The van der Waals surface area contributed by atoms with E-state index in [9.17, 15) is 5.11 Å². The minimum Gasteiger partial charge on any atom is -0.506 e. The molecule has 4 heteroatoms. The van der Waals surface area contributed by atoms with Gasteiger partial charge in [0.1, 0.15) is 5.75 Å². The number of fused-ring (bicyclic) bond motifs is 1. The first-order valence-electron chi connectivity index (χ1n) is 7.19. The first-order chi connectivity index (χ1) is 11.3. The Labute approximate surface area is 142 Å². The van der Waals surface area contributed by atoms with Crippen molar-refractivity contribution in [3.05, 3.63) is 72.4 Å². The number of hydrogen-bond acceptors (Lipinski definition) is 4. The maximum atomic E-state index is 10.9. The maximum Gasteiger partial charge on any atom is 0.138 e. The molecule has 2 aromatic carbocycles. The lowest BCUT2D eigenvalue weighted by Crippen LogP contribution is -1.86. The molecular formula is C19H13NOS2. The van der Waals surface area contributed by atoms with Crippen LogP contribution in [0.15, 0.2) is 81.5 Å². The first kappa shape index (κ1) is 14.3. The Balaban J connectivity index is 1.97. The molecule has 0 aliphatic heterocycles. The molecule has 1 N–H and O–H groups in total. The molecule has 0 saturated carbocycles. The summed E-state index contributed by atoms with van der Waals surface area (Å²) in [7, 11) is 0. The predicted molar refractivity (Wildman–Crippen MR) is 97.3 cm³/mol. The van der Waals surface area contributed by atoms with Gasteiger partial charge in [0, 0.05) is 23.5 Å². The van der Waals surface area contributed by atoms with Crippen molar-refractivity contribution in [2.45, 2.75) is 9.10 Å². The number of aromatic hydroxyl groups is 1.